The van der Waals surface area contributed by atoms with Crippen LogP contribution in [0.1, 0.15) is 40.5 Å². The molecule has 0 atom stereocenters. The Labute approximate surface area is 179 Å². The van der Waals surface area contributed by atoms with E-state index in [1.165, 1.54) is 19.3 Å². The zero-order chi connectivity index (χ0) is 23.4. The van der Waals surface area contributed by atoms with Gasteiger partial charge in [0.05, 0.1) is 0 Å². The van der Waals surface area contributed by atoms with Crippen LogP contribution in [0.25, 0.3) is 0 Å². The maximum absolute atomic E-state index is 8.35. The summed E-state index contributed by atoms with van der Waals surface area (Å²) in [7, 11) is 0. The van der Waals surface area contributed by atoms with Crippen molar-refractivity contribution in [3.05, 3.63) is 72.8 Å². The summed E-state index contributed by atoms with van der Waals surface area (Å²) in [4.78, 5) is 33.4. The highest BCUT2D eigenvalue weighted by molar-refractivity contribution is 5.26. The maximum Gasteiger partial charge on any atom is 0.231 e. The number of nitrogens with one attached hydrogen (secondary N) is 4. The molecule has 30 heavy (non-hydrogen) atoms. The van der Waals surface area contributed by atoms with Gasteiger partial charge in [-0.15, -0.1) is 0 Å². The average molecular weight is 417 g/mol. The van der Waals surface area contributed by atoms with Crippen LogP contribution in [0.3, 0.4) is 0 Å². The number of hydrogen-bond acceptors (Lipinski definition) is 8. The van der Waals surface area contributed by atoms with E-state index < -0.39 is 0 Å². The number of unbranched alkanes of at least 4 members (excludes halogenated alkanes) is 2. The third kappa shape index (κ3) is 127. The third-order valence-corrected chi connectivity index (χ3v) is 2.04. The zero-order valence-corrected chi connectivity index (χ0v) is 16.7. The molecule has 0 aromatic heterocycles. The highest BCUT2D eigenvalue weighted by Crippen LogP contribution is 1.88. The quantitative estimate of drug-likeness (QED) is 0.359. The summed E-state index contributed by atoms with van der Waals surface area (Å²) in [6.07, 6.45) is 7.08. The molecule has 0 unspecified atom stereocenters. The molecule has 0 saturated heterocycles. The van der Waals surface area contributed by atoms with Gasteiger partial charge in [0, 0.05) is 0 Å². The molecule has 0 radical (unpaired) electrons. The minimum Gasteiger partial charge on any atom is -0.222 e. The van der Waals surface area contributed by atoms with Crippen LogP contribution in [0.2, 0.25) is 0 Å². The Morgan fingerprint density at radius 1 is 0.467 bits per heavy atom. The van der Waals surface area contributed by atoms with Crippen LogP contribution in [0, 0.1) is 21.6 Å². The molecular formula is C22H32N4O4. The van der Waals surface area contributed by atoms with Crippen molar-refractivity contribution in [2.24, 2.45) is 0 Å². The van der Waals surface area contributed by atoms with E-state index >= 15 is 0 Å². The van der Waals surface area contributed by atoms with Crippen LogP contribution in [0.5, 0.6) is 0 Å². The van der Waals surface area contributed by atoms with Crippen molar-refractivity contribution in [1.82, 2.24) is 0 Å². The van der Waals surface area contributed by atoms with E-state index in [1.807, 2.05) is 72.8 Å². The number of hydrogen-bond donors (Lipinski definition) is 4. The van der Waals surface area contributed by atoms with E-state index in [0.29, 0.717) is 0 Å². The van der Waals surface area contributed by atoms with Gasteiger partial charge in [-0.1, -0.05) is 113 Å². The van der Waals surface area contributed by atoms with E-state index in [2.05, 4.69) is 13.8 Å². The van der Waals surface area contributed by atoms with Crippen LogP contribution in [-0.2, 0) is 19.2 Å². The lowest BCUT2D eigenvalue weighted by Gasteiger charge is -1.79. The summed E-state index contributed by atoms with van der Waals surface area (Å²) in [5, 5.41) is 21.6. The number of rotatable bonds is 2. The molecule has 164 valence electrons. The lowest BCUT2D eigenvalue weighted by molar-refractivity contribution is 0.562. The molecular weight excluding hydrogens is 384 g/mol. The normalized spacial score (nSPS) is 5.67. The summed E-state index contributed by atoms with van der Waals surface area (Å²) in [6, 6.07) is 24.0. The van der Waals surface area contributed by atoms with Crippen LogP contribution < -0.4 is 0 Å². The predicted octanol–water partition coefficient (Wildman–Crippen LogP) is 5.81. The van der Waals surface area contributed by atoms with Crippen molar-refractivity contribution in [2.75, 3.05) is 0 Å². The SMILES string of the molecule is C.CCCCC.N=C=O.N=C=O.N=C=O.N=C=O.c1ccccc1.c1ccccc1. The fourth-order valence-corrected chi connectivity index (χ4v) is 1.12. The molecule has 0 fully saturated rings. The standard InChI is InChI=1S/2C6H6.C5H12.4CHNO.CH4/c2*1-2-4-6-5-3-1;1-3-5-4-2;4*2-1-3;/h2*1-6H;3-5H2,1-2H3;4*2H;1H4. The molecule has 0 aliphatic rings. The first-order chi connectivity index (χ1) is 14.1. The Morgan fingerprint density at radius 3 is 0.600 bits per heavy atom. The Hall–Kier alpha value is -4.04. The molecule has 0 bridgehead atoms. The largest absolute Gasteiger partial charge is 0.231 e. The molecule has 8 nitrogen and oxygen atoms in total. The fourth-order valence-electron chi connectivity index (χ4n) is 1.12. The fraction of sp³-hybridized carbons (Fsp3) is 0.273. The van der Waals surface area contributed by atoms with Gasteiger partial charge in [-0.3, -0.25) is 0 Å². The topological polar surface area (TPSA) is 164 Å². The van der Waals surface area contributed by atoms with E-state index in [9.17, 15) is 0 Å². The van der Waals surface area contributed by atoms with E-state index in [0.717, 1.165) is 24.3 Å². The van der Waals surface area contributed by atoms with Crippen molar-refractivity contribution in [2.45, 2.75) is 40.5 Å². The average Bonchev–Trinajstić information content (AvgIpc) is 2.75. The first kappa shape index (κ1) is 40.6. The van der Waals surface area contributed by atoms with Gasteiger partial charge in [0.25, 0.3) is 0 Å². The van der Waals surface area contributed by atoms with Gasteiger partial charge >= 0.3 is 0 Å². The molecule has 0 heterocycles. The maximum atomic E-state index is 8.35. The molecule has 0 saturated carbocycles. The minimum atomic E-state index is 0. The molecule has 0 amide bonds. The molecule has 0 spiro atoms. The number of carbonyl (C=O) groups excluding carboxylic acids is 4. The first-order valence-electron chi connectivity index (χ1n) is 8.23. The zero-order valence-electron chi connectivity index (χ0n) is 16.7. The van der Waals surface area contributed by atoms with Crippen molar-refractivity contribution in [3.8, 4) is 0 Å². The van der Waals surface area contributed by atoms with Gasteiger partial charge in [0.15, 0.2) is 0 Å². The molecule has 0 aliphatic heterocycles. The third-order valence-electron chi connectivity index (χ3n) is 2.04. The van der Waals surface area contributed by atoms with Gasteiger partial charge in [0.1, 0.15) is 0 Å². The van der Waals surface area contributed by atoms with Crippen LogP contribution in [0.4, 0.5) is 0 Å². The van der Waals surface area contributed by atoms with E-state index in [4.69, 9.17) is 40.8 Å². The second-order valence-corrected chi connectivity index (χ2v) is 4.07. The summed E-state index contributed by atoms with van der Waals surface area (Å²) in [5.74, 6) is 0. The summed E-state index contributed by atoms with van der Waals surface area (Å²) < 4.78 is 0. The van der Waals surface area contributed by atoms with Crippen molar-refractivity contribution in [3.63, 3.8) is 0 Å². The number of isocyanates is 4. The van der Waals surface area contributed by atoms with Crippen molar-refractivity contribution < 1.29 is 19.2 Å². The van der Waals surface area contributed by atoms with Gasteiger partial charge in [-0.05, 0) is 0 Å². The van der Waals surface area contributed by atoms with Gasteiger partial charge < -0.3 is 0 Å². The predicted molar refractivity (Wildman–Crippen MR) is 118 cm³/mol. The van der Waals surface area contributed by atoms with Gasteiger partial charge in [-0.2, -0.15) is 0 Å². The summed E-state index contributed by atoms with van der Waals surface area (Å²) in [6.45, 7) is 4.42. The molecule has 2 aromatic carbocycles. The Kier molecular flexibility index (Phi) is 86.6. The minimum absolute atomic E-state index is 0. The summed E-state index contributed by atoms with van der Waals surface area (Å²) in [5.41, 5.74) is 0. The highest BCUT2D eigenvalue weighted by atomic mass is 16.1. The Balaban J connectivity index is -0.0000000574. The first-order valence-corrected chi connectivity index (χ1v) is 8.23. The van der Waals surface area contributed by atoms with Gasteiger partial charge in [-0.25, -0.2) is 40.8 Å². The van der Waals surface area contributed by atoms with Crippen LogP contribution in [0.15, 0.2) is 72.8 Å². The summed E-state index contributed by atoms with van der Waals surface area (Å²) >= 11 is 0. The van der Waals surface area contributed by atoms with Crippen molar-refractivity contribution in [1.29, 1.82) is 21.6 Å². The lowest BCUT2D eigenvalue weighted by Crippen LogP contribution is -1.59. The lowest BCUT2D eigenvalue weighted by atomic mass is 10.3. The molecule has 2 aromatic rings. The van der Waals surface area contributed by atoms with Gasteiger partial charge in [0.2, 0.25) is 24.3 Å². The molecule has 2 rings (SSSR count). The van der Waals surface area contributed by atoms with Crippen LogP contribution in [-0.4, -0.2) is 24.3 Å². The Bertz CT molecular complexity index is 492. The monoisotopic (exact) mass is 416 g/mol. The van der Waals surface area contributed by atoms with E-state index in [-0.39, 0.29) is 7.43 Å². The van der Waals surface area contributed by atoms with E-state index in [1.54, 1.807) is 0 Å². The number of benzene rings is 2. The molecule has 4 N–H and O–H groups in total. The second kappa shape index (κ2) is 64.0. The van der Waals surface area contributed by atoms with Crippen LogP contribution >= 0.6 is 0 Å². The second-order valence-electron chi connectivity index (χ2n) is 4.07. The van der Waals surface area contributed by atoms with Crippen molar-refractivity contribution >= 4 is 24.3 Å². The highest BCUT2D eigenvalue weighted by Gasteiger charge is 1.68. The smallest absolute Gasteiger partial charge is 0.222 e. The Morgan fingerprint density at radius 2 is 0.567 bits per heavy atom. The molecule has 0 aliphatic carbocycles. The molecule has 8 heteroatoms.